The van der Waals surface area contributed by atoms with Gasteiger partial charge in [-0.2, -0.15) is 13.2 Å². The fourth-order valence-corrected chi connectivity index (χ4v) is 2.82. The van der Waals surface area contributed by atoms with E-state index in [4.69, 9.17) is 0 Å². The molecule has 1 aromatic rings. The first-order valence-corrected chi connectivity index (χ1v) is 7.18. The Labute approximate surface area is 123 Å². The Hall–Kier alpha value is -1.07. The van der Waals surface area contributed by atoms with Gasteiger partial charge in [-0.3, -0.25) is 4.90 Å². The molecule has 1 N–H and O–H groups in total. The molecule has 0 spiro atoms. The number of aliphatic hydroxyl groups is 1. The number of benzene rings is 1. The highest BCUT2D eigenvalue weighted by molar-refractivity contribution is 5.30. The third-order valence-electron chi connectivity index (χ3n) is 4.27. The van der Waals surface area contributed by atoms with E-state index < -0.39 is 17.3 Å². The van der Waals surface area contributed by atoms with Gasteiger partial charge in [0.2, 0.25) is 0 Å². The van der Waals surface area contributed by atoms with E-state index in [9.17, 15) is 18.3 Å². The van der Waals surface area contributed by atoms with Crippen LogP contribution in [0.5, 0.6) is 0 Å². The quantitative estimate of drug-likeness (QED) is 0.853. The molecule has 0 aromatic heterocycles. The lowest BCUT2D eigenvalue weighted by Crippen LogP contribution is -2.50. The third kappa shape index (κ3) is 3.58. The van der Waals surface area contributed by atoms with Crippen molar-refractivity contribution in [1.29, 1.82) is 0 Å². The summed E-state index contributed by atoms with van der Waals surface area (Å²) in [7, 11) is 0. The topological polar surface area (TPSA) is 23.5 Å². The summed E-state index contributed by atoms with van der Waals surface area (Å²) in [6.45, 7) is 7.65. The zero-order chi connectivity index (χ0) is 15.9. The average Bonchev–Trinajstić information content (AvgIpc) is 2.37. The first kappa shape index (κ1) is 16.3. The number of hydrogen-bond donors (Lipinski definition) is 1. The van der Waals surface area contributed by atoms with E-state index in [-0.39, 0.29) is 5.54 Å². The van der Waals surface area contributed by atoms with Crippen LogP contribution in [0.2, 0.25) is 0 Å². The van der Waals surface area contributed by atoms with Crippen molar-refractivity contribution in [1.82, 2.24) is 4.90 Å². The molecular weight excluding hydrogens is 279 g/mol. The molecule has 2 rings (SSSR count). The Morgan fingerprint density at radius 2 is 1.67 bits per heavy atom. The molecule has 1 aromatic carbocycles. The fraction of sp³-hybridized carbons (Fsp3) is 0.625. The zero-order valence-corrected chi connectivity index (χ0v) is 12.7. The molecule has 0 aliphatic carbocycles. The minimum absolute atomic E-state index is 0.00908. The van der Waals surface area contributed by atoms with Gasteiger partial charge in [-0.15, -0.1) is 0 Å². The first-order valence-electron chi connectivity index (χ1n) is 7.18. The number of piperidine rings is 1. The predicted molar refractivity (Wildman–Crippen MR) is 75.9 cm³/mol. The Morgan fingerprint density at radius 1 is 1.10 bits per heavy atom. The SMILES string of the molecule is CC(C)(C)N1CCC(O)(c2cccc(C(F)(F)F)c2)CC1. The van der Waals surface area contributed by atoms with Gasteiger partial charge < -0.3 is 5.11 Å². The van der Waals surface area contributed by atoms with Crippen molar-refractivity contribution in [2.24, 2.45) is 0 Å². The van der Waals surface area contributed by atoms with Gasteiger partial charge in [-0.1, -0.05) is 12.1 Å². The summed E-state index contributed by atoms with van der Waals surface area (Å²) in [5.41, 5.74) is -1.49. The van der Waals surface area contributed by atoms with Crippen LogP contribution in [-0.2, 0) is 11.8 Å². The monoisotopic (exact) mass is 301 g/mol. The van der Waals surface area contributed by atoms with Gasteiger partial charge in [0, 0.05) is 18.6 Å². The smallest absolute Gasteiger partial charge is 0.385 e. The molecule has 1 fully saturated rings. The molecule has 1 aliphatic rings. The Kier molecular flexibility index (Phi) is 4.10. The van der Waals surface area contributed by atoms with Gasteiger partial charge in [-0.05, 0) is 51.3 Å². The molecule has 21 heavy (non-hydrogen) atoms. The van der Waals surface area contributed by atoms with Crippen LogP contribution in [-0.4, -0.2) is 28.6 Å². The van der Waals surface area contributed by atoms with Crippen LogP contribution in [0.25, 0.3) is 0 Å². The molecule has 0 bridgehead atoms. The average molecular weight is 301 g/mol. The van der Waals surface area contributed by atoms with Crippen molar-refractivity contribution < 1.29 is 18.3 Å². The summed E-state index contributed by atoms with van der Waals surface area (Å²) in [4.78, 5) is 2.25. The van der Waals surface area contributed by atoms with E-state index >= 15 is 0 Å². The maximum Gasteiger partial charge on any atom is 0.416 e. The van der Waals surface area contributed by atoms with Crippen LogP contribution in [0, 0.1) is 0 Å². The lowest BCUT2D eigenvalue weighted by atomic mass is 9.82. The van der Waals surface area contributed by atoms with Crippen LogP contribution in [0.1, 0.15) is 44.7 Å². The second-order valence-electron chi connectivity index (χ2n) is 6.77. The number of halogens is 3. The summed E-state index contributed by atoms with van der Waals surface area (Å²) < 4.78 is 38.4. The van der Waals surface area contributed by atoms with Crippen LogP contribution in [0.4, 0.5) is 13.2 Å². The maximum absolute atomic E-state index is 12.8. The molecule has 2 nitrogen and oxygen atoms in total. The first-order chi connectivity index (χ1) is 9.52. The summed E-state index contributed by atoms with van der Waals surface area (Å²) >= 11 is 0. The Balaban J connectivity index is 2.19. The second-order valence-corrected chi connectivity index (χ2v) is 6.77. The van der Waals surface area contributed by atoms with E-state index in [0.29, 0.717) is 31.5 Å². The van der Waals surface area contributed by atoms with Crippen molar-refractivity contribution in [3.05, 3.63) is 35.4 Å². The van der Waals surface area contributed by atoms with E-state index in [1.807, 2.05) is 0 Å². The van der Waals surface area contributed by atoms with E-state index in [1.54, 1.807) is 6.07 Å². The molecule has 0 atom stereocenters. The number of likely N-dealkylation sites (tertiary alicyclic amines) is 1. The largest absolute Gasteiger partial charge is 0.416 e. The summed E-state index contributed by atoms with van der Waals surface area (Å²) in [5.74, 6) is 0. The van der Waals surface area contributed by atoms with Crippen molar-refractivity contribution in [2.75, 3.05) is 13.1 Å². The highest BCUT2D eigenvalue weighted by Crippen LogP contribution is 2.37. The molecule has 118 valence electrons. The van der Waals surface area contributed by atoms with Crippen LogP contribution < -0.4 is 0 Å². The molecule has 1 aliphatic heterocycles. The van der Waals surface area contributed by atoms with E-state index in [2.05, 4.69) is 25.7 Å². The number of hydrogen-bond acceptors (Lipinski definition) is 2. The predicted octanol–water partition coefficient (Wildman–Crippen LogP) is 3.79. The molecule has 0 amide bonds. The lowest BCUT2D eigenvalue weighted by molar-refractivity contribution is -0.137. The van der Waals surface area contributed by atoms with E-state index in [1.165, 1.54) is 6.07 Å². The van der Waals surface area contributed by atoms with Crippen molar-refractivity contribution >= 4 is 0 Å². The maximum atomic E-state index is 12.8. The van der Waals surface area contributed by atoms with Gasteiger partial charge in [-0.25, -0.2) is 0 Å². The minimum atomic E-state index is -4.38. The van der Waals surface area contributed by atoms with Crippen LogP contribution >= 0.6 is 0 Å². The normalized spacial score (nSPS) is 20.5. The van der Waals surface area contributed by atoms with Gasteiger partial charge >= 0.3 is 6.18 Å². The van der Waals surface area contributed by atoms with Gasteiger partial charge in [0.25, 0.3) is 0 Å². The highest BCUT2D eigenvalue weighted by atomic mass is 19.4. The fourth-order valence-electron chi connectivity index (χ4n) is 2.82. The number of rotatable bonds is 1. The van der Waals surface area contributed by atoms with Crippen molar-refractivity contribution in [3.8, 4) is 0 Å². The molecule has 0 unspecified atom stereocenters. The van der Waals surface area contributed by atoms with Gasteiger partial charge in [0.05, 0.1) is 11.2 Å². The highest BCUT2D eigenvalue weighted by Gasteiger charge is 2.38. The molecule has 1 saturated heterocycles. The number of nitrogens with zero attached hydrogens (tertiary/aromatic N) is 1. The van der Waals surface area contributed by atoms with E-state index in [0.717, 1.165) is 12.1 Å². The van der Waals surface area contributed by atoms with Crippen molar-refractivity contribution in [3.63, 3.8) is 0 Å². The number of alkyl halides is 3. The molecule has 0 radical (unpaired) electrons. The second kappa shape index (κ2) is 5.29. The van der Waals surface area contributed by atoms with Crippen LogP contribution in [0.3, 0.4) is 0 Å². The molecule has 5 heteroatoms. The summed E-state index contributed by atoms with van der Waals surface area (Å²) in [5, 5.41) is 10.7. The van der Waals surface area contributed by atoms with Gasteiger partial charge in [0.1, 0.15) is 0 Å². The Morgan fingerprint density at radius 3 is 2.14 bits per heavy atom. The lowest BCUT2D eigenvalue weighted by Gasteiger charge is -2.44. The summed E-state index contributed by atoms with van der Waals surface area (Å²) in [6.07, 6.45) is -3.48. The minimum Gasteiger partial charge on any atom is -0.385 e. The Bertz CT molecular complexity index is 497. The van der Waals surface area contributed by atoms with Crippen molar-refractivity contribution in [2.45, 2.75) is 50.9 Å². The summed E-state index contributed by atoms with van der Waals surface area (Å²) in [6, 6.07) is 5.07. The zero-order valence-electron chi connectivity index (χ0n) is 12.7. The van der Waals surface area contributed by atoms with Gasteiger partial charge in [0.15, 0.2) is 0 Å². The van der Waals surface area contributed by atoms with Crippen LogP contribution in [0.15, 0.2) is 24.3 Å². The molecule has 0 saturated carbocycles. The third-order valence-corrected chi connectivity index (χ3v) is 4.27. The standard InChI is InChI=1S/C16H22F3NO/c1-14(2,3)20-9-7-15(21,8-10-20)12-5-4-6-13(11-12)16(17,18)19/h4-6,11,21H,7-10H2,1-3H3. The molecule has 1 heterocycles. The molecular formula is C16H22F3NO.